The summed E-state index contributed by atoms with van der Waals surface area (Å²) in [4.78, 5) is 28.1. The number of nitrogens with two attached hydrogens (primary N) is 1. The van der Waals surface area contributed by atoms with Crippen LogP contribution in [-0.4, -0.2) is 60.4 Å². The van der Waals surface area contributed by atoms with E-state index in [1.807, 2.05) is 11.0 Å². The van der Waals surface area contributed by atoms with Crippen LogP contribution in [-0.2, 0) is 4.79 Å². The Balaban J connectivity index is 1.44. The highest BCUT2D eigenvalue weighted by Crippen LogP contribution is 2.37. The van der Waals surface area contributed by atoms with Gasteiger partial charge in [-0.05, 0) is 67.7 Å². The zero-order valence-electron chi connectivity index (χ0n) is 22.3. The molecule has 1 heterocycles. The number of amides is 2. The summed E-state index contributed by atoms with van der Waals surface area (Å²) in [6.45, 7) is 5.95. The molecule has 37 heavy (non-hydrogen) atoms. The van der Waals surface area contributed by atoms with E-state index in [2.05, 4.69) is 35.2 Å². The van der Waals surface area contributed by atoms with Gasteiger partial charge < -0.3 is 15.4 Å². The van der Waals surface area contributed by atoms with E-state index in [-0.39, 0.29) is 5.91 Å². The molecule has 1 atom stereocenters. The summed E-state index contributed by atoms with van der Waals surface area (Å²) in [6, 6.07) is 18.7. The molecule has 0 bridgehead atoms. The highest BCUT2D eigenvalue weighted by atomic mass is 16.5. The second kappa shape index (κ2) is 13.6. The van der Waals surface area contributed by atoms with Crippen molar-refractivity contribution in [1.82, 2.24) is 9.80 Å². The first-order chi connectivity index (χ1) is 18.0. The van der Waals surface area contributed by atoms with E-state index in [0.717, 1.165) is 51.4 Å². The Morgan fingerprint density at radius 2 is 1.73 bits per heavy atom. The molecule has 4 rings (SSSR count). The average Bonchev–Trinajstić information content (AvgIpc) is 2.94. The minimum absolute atomic E-state index is 0.181. The maximum absolute atomic E-state index is 11.9. The molecule has 0 radical (unpaired) electrons. The summed E-state index contributed by atoms with van der Waals surface area (Å²) in [6.07, 6.45) is 9.61. The molecular weight excluding hydrogens is 462 g/mol. The molecule has 2 N–H and O–H groups in total. The first kappa shape index (κ1) is 27.2. The Kier molecular flexibility index (Phi) is 10.0. The fourth-order valence-corrected chi connectivity index (χ4v) is 6.18. The number of primary amides is 1. The van der Waals surface area contributed by atoms with Crippen molar-refractivity contribution in [3.8, 4) is 5.75 Å². The Morgan fingerprint density at radius 3 is 2.41 bits per heavy atom. The van der Waals surface area contributed by atoms with Gasteiger partial charge in [0.1, 0.15) is 5.75 Å². The second-order valence-electron chi connectivity index (χ2n) is 10.7. The van der Waals surface area contributed by atoms with Crippen molar-refractivity contribution in [2.24, 2.45) is 11.7 Å². The summed E-state index contributed by atoms with van der Waals surface area (Å²) in [5, 5.41) is 0. The van der Waals surface area contributed by atoms with Crippen LogP contribution in [0.3, 0.4) is 0 Å². The van der Waals surface area contributed by atoms with Crippen LogP contribution >= 0.6 is 0 Å². The predicted molar refractivity (Wildman–Crippen MR) is 148 cm³/mol. The number of piperidine rings is 1. The summed E-state index contributed by atoms with van der Waals surface area (Å²) in [5.41, 5.74) is 7.34. The molecule has 1 aliphatic heterocycles. The van der Waals surface area contributed by atoms with Crippen molar-refractivity contribution in [2.45, 2.75) is 70.3 Å². The normalized spacial score (nSPS) is 18.1. The van der Waals surface area contributed by atoms with Crippen LogP contribution in [0, 0.1) is 5.92 Å². The van der Waals surface area contributed by atoms with E-state index in [0.29, 0.717) is 29.9 Å². The first-order valence-corrected chi connectivity index (χ1v) is 14.1. The molecule has 0 aromatic heterocycles. The third-order valence-corrected chi connectivity index (χ3v) is 8.28. The van der Waals surface area contributed by atoms with Crippen LogP contribution < -0.4 is 10.5 Å². The van der Waals surface area contributed by atoms with E-state index in [4.69, 9.17) is 10.5 Å². The lowest BCUT2D eigenvalue weighted by Crippen LogP contribution is -2.48. The molecule has 1 aliphatic carbocycles. The van der Waals surface area contributed by atoms with E-state index in [9.17, 15) is 9.59 Å². The molecule has 2 aliphatic rings. The fourth-order valence-electron chi connectivity index (χ4n) is 6.18. The number of carbonyl (C=O) groups excluding carboxylic acids is 2. The molecule has 2 amide bonds. The zero-order chi connectivity index (χ0) is 26.0. The van der Waals surface area contributed by atoms with E-state index >= 15 is 0 Å². The maximum Gasteiger partial charge on any atom is 0.248 e. The highest BCUT2D eigenvalue weighted by molar-refractivity contribution is 5.93. The molecule has 2 aromatic rings. The molecule has 1 unspecified atom stereocenters. The van der Waals surface area contributed by atoms with Gasteiger partial charge in [-0.3, -0.25) is 14.5 Å². The van der Waals surface area contributed by atoms with Crippen LogP contribution in [0.2, 0.25) is 0 Å². The Morgan fingerprint density at radius 1 is 1.00 bits per heavy atom. The molecule has 6 nitrogen and oxygen atoms in total. The molecule has 6 heteroatoms. The predicted octanol–water partition coefficient (Wildman–Crippen LogP) is 5.23. The van der Waals surface area contributed by atoms with Crippen LogP contribution in [0.15, 0.2) is 54.6 Å². The van der Waals surface area contributed by atoms with Gasteiger partial charge in [0, 0.05) is 44.7 Å². The molecular formula is C31H43N3O3. The maximum atomic E-state index is 11.9. The van der Waals surface area contributed by atoms with Gasteiger partial charge in [0.05, 0.1) is 6.61 Å². The Bertz CT molecular complexity index is 998. The molecule has 200 valence electrons. The lowest BCUT2D eigenvalue weighted by atomic mass is 9.76. The number of nitrogens with zero attached hydrogens (tertiary/aromatic N) is 2. The van der Waals surface area contributed by atoms with Crippen molar-refractivity contribution in [2.75, 3.05) is 32.8 Å². The first-order valence-electron chi connectivity index (χ1n) is 14.1. The summed E-state index contributed by atoms with van der Waals surface area (Å²) >= 11 is 0. The monoisotopic (exact) mass is 505 g/mol. The quantitative estimate of drug-likeness (QED) is 0.424. The summed E-state index contributed by atoms with van der Waals surface area (Å²) in [7, 11) is 0. The SMILES string of the molecule is CC(=O)N1CCC(N(CCCOc2cccc(C(N)=O)c2)CC(c2ccccc2)C2CCCCC2)CC1. The third kappa shape index (κ3) is 7.81. The Hall–Kier alpha value is -2.86. The van der Waals surface area contributed by atoms with Gasteiger partial charge in [-0.15, -0.1) is 0 Å². The van der Waals surface area contributed by atoms with E-state index < -0.39 is 5.91 Å². The van der Waals surface area contributed by atoms with E-state index in [1.54, 1.807) is 25.1 Å². The number of carbonyl (C=O) groups is 2. The number of hydrogen-bond acceptors (Lipinski definition) is 4. The van der Waals surface area contributed by atoms with Crippen LogP contribution in [0.25, 0.3) is 0 Å². The van der Waals surface area contributed by atoms with Crippen molar-refractivity contribution in [3.63, 3.8) is 0 Å². The number of benzene rings is 2. The number of rotatable bonds is 11. The lowest BCUT2D eigenvalue weighted by Gasteiger charge is -2.42. The molecule has 2 fully saturated rings. The molecule has 2 aromatic carbocycles. The fraction of sp³-hybridized carbons (Fsp3) is 0.548. The van der Waals surface area contributed by atoms with Gasteiger partial charge in [-0.1, -0.05) is 55.7 Å². The topological polar surface area (TPSA) is 75.9 Å². The van der Waals surface area contributed by atoms with Gasteiger partial charge >= 0.3 is 0 Å². The van der Waals surface area contributed by atoms with Gasteiger partial charge in [-0.2, -0.15) is 0 Å². The summed E-state index contributed by atoms with van der Waals surface area (Å²) < 4.78 is 6.00. The second-order valence-corrected chi connectivity index (χ2v) is 10.7. The van der Waals surface area contributed by atoms with Gasteiger partial charge in [0.15, 0.2) is 0 Å². The van der Waals surface area contributed by atoms with Crippen molar-refractivity contribution in [1.29, 1.82) is 0 Å². The Labute approximate surface area is 222 Å². The van der Waals surface area contributed by atoms with Crippen molar-refractivity contribution < 1.29 is 14.3 Å². The third-order valence-electron chi connectivity index (χ3n) is 8.28. The minimum atomic E-state index is -0.441. The average molecular weight is 506 g/mol. The van der Waals surface area contributed by atoms with Crippen LogP contribution in [0.1, 0.15) is 80.1 Å². The van der Waals surface area contributed by atoms with E-state index in [1.165, 1.54) is 37.7 Å². The zero-order valence-corrected chi connectivity index (χ0v) is 22.3. The van der Waals surface area contributed by atoms with Gasteiger partial charge in [-0.25, -0.2) is 0 Å². The standard InChI is InChI=1S/C31H43N3O3/c1-24(35)33-19-16-28(17-20-33)34(18-9-21-37-29-15-8-14-27(22-29)31(32)36)23-30(25-10-4-2-5-11-25)26-12-6-3-7-13-26/h2,4-5,8,10-11,14-15,22,26,28,30H,3,6-7,9,12-13,16-21,23H2,1H3,(H2,32,36). The molecule has 1 saturated carbocycles. The highest BCUT2D eigenvalue weighted by Gasteiger charge is 2.31. The molecule has 1 saturated heterocycles. The number of hydrogen-bond donors (Lipinski definition) is 1. The number of ether oxygens (including phenoxy) is 1. The van der Waals surface area contributed by atoms with Gasteiger partial charge in [0.2, 0.25) is 11.8 Å². The minimum Gasteiger partial charge on any atom is -0.494 e. The smallest absolute Gasteiger partial charge is 0.248 e. The largest absolute Gasteiger partial charge is 0.494 e. The van der Waals surface area contributed by atoms with Crippen LogP contribution in [0.4, 0.5) is 0 Å². The van der Waals surface area contributed by atoms with Crippen molar-refractivity contribution >= 4 is 11.8 Å². The van der Waals surface area contributed by atoms with Gasteiger partial charge in [0.25, 0.3) is 0 Å². The summed E-state index contributed by atoms with van der Waals surface area (Å²) in [5.74, 6) is 1.68. The molecule has 0 spiro atoms. The van der Waals surface area contributed by atoms with Crippen LogP contribution in [0.5, 0.6) is 5.75 Å². The van der Waals surface area contributed by atoms with Crippen molar-refractivity contribution in [3.05, 3.63) is 65.7 Å². The lowest BCUT2D eigenvalue weighted by molar-refractivity contribution is -0.130. The number of likely N-dealkylation sites (tertiary alicyclic amines) is 1.